The number of nitrogens with one attached hydrogen (secondary N) is 2. The molecule has 0 spiro atoms. The molecule has 2 N–H and O–H groups in total. The number of hydrogen-bond donors (Lipinski definition) is 2. The first-order valence-corrected chi connectivity index (χ1v) is 10.8. The van der Waals surface area contributed by atoms with E-state index in [1.165, 1.54) is 0 Å². The third kappa shape index (κ3) is 6.96. The summed E-state index contributed by atoms with van der Waals surface area (Å²) in [6.07, 6.45) is 1.85. The Bertz CT molecular complexity index is 1040. The van der Waals surface area contributed by atoms with Crippen molar-refractivity contribution in [1.82, 2.24) is 30.5 Å². The molecule has 0 aliphatic carbocycles. The Morgan fingerprint density at radius 2 is 1.75 bits per heavy atom. The van der Waals surface area contributed by atoms with Crippen molar-refractivity contribution >= 4 is 35.1 Å². The normalized spacial score (nSPS) is 10.6. The van der Waals surface area contributed by atoms with Gasteiger partial charge < -0.3 is 15.5 Å². The number of hydrogen-bond acceptors (Lipinski definition) is 4. The largest absolute Gasteiger partial charge is 0.339 e. The molecular formula is C22H24Cl2N6O2. The minimum absolute atomic E-state index is 0.102. The highest BCUT2D eigenvalue weighted by Gasteiger charge is 2.16. The first kappa shape index (κ1) is 23.6. The van der Waals surface area contributed by atoms with E-state index in [-0.39, 0.29) is 18.4 Å². The highest BCUT2D eigenvalue weighted by molar-refractivity contribution is 6.36. The second kappa shape index (κ2) is 11.5. The second-order valence-corrected chi connectivity index (χ2v) is 8.01. The Morgan fingerprint density at radius 1 is 1.03 bits per heavy atom. The summed E-state index contributed by atoms with van der Waals surface area (Å²) in [6.45, 7) is 1.60. The predicted molar refractivity (Wildman–Crippen MR) is 123 cm³/mol. The van der Waals surface area contributed by atoms with E-state index >= 15 is 0 Å². The molecule has 1 aromatic heterocycles. The molecule has 3 rings (SSSR count). The average molecular weight is 475 g/mol. The highest BCUT2D eigenvalue weighted by Crippen LogP contribution is 2.25. The molecular weight excluding hydrogens is 451 g/mol. The van der Waals surface area contributed by atoms with Crippen LogP contribution in [0.15, 0.2) is 54.7 Å². The molecule has 1 heterocycles. The lowest BCUT2D eigenvalue weighted by atomic mass is 10.1. The average Bonchev–Trinajstić information content (AvgIpc) is 3.22. The highest BCUT2D eigenvalue weighted by atomic mass is 35.5. The fourth-order valence-corrected chi connectivity index (χ4v) is 3.49. The molecule has 3 amide bonds. The second-order valence-electron chi connectivity index (χ2n) is 7.19. The zero-order valence-electron chi connectivity index (χ0n) is 17.6. The van der Waals surface area contributed by atoms with Gasteiger partial charge in [-0.1, -0.05) is 64.8 Å². The summed E-state index contributed by atoms with van der Waals surface area (Å²) in [5, 5.41) is 14.6. The molecule has 10 heteroatoms. The zero-order chi connectivity index (χ0) is 22.9. The summed E-state index contributed by atoms with van der Waals surface area (Å²) in [4.78, 5) is 26.0. The van der Waals surface area contributed by atoms with E-state index in [1.54, 1.807) is 41.0 Å². The van der Waals surface area contributed by atoms with Gasteiger partial charge in [-0.05, 0) is 23.3 Å². The lowest BCUT2D eigenvalue weighted by Crippen LogP contribution is -2.36. The molecule has 0 aliphatic heterocycles. The molecule has 0 saturated heterocycles. The summed E-state index contributed by atoms with van der Waals surface area (Å²) >= 11 is 12.3. The summed E-state index contributed by atoms with van der Waals surface area (Å²) in [7, 11) is 1.69. The molecule has 0 fully saturated rings. The number of halogens is 2. The standard InChI is InChI=1S/C22H24Cl2N6O2/c1-29(21(31)12-18-19(23)8-5-9-20(18)24)14-17-15-30(28-27-17)11-10-25-22(32)26-13-16-6-3-2-4-7-16/h2-9,15H,10-14H2,1H3,(H2,25,26,32). The van der Waals surface area contributed by atoms with Gasteiger partial charge in [0.15, 0.2) is 0 Å². The van der Waals surface area contributed by atoms with Crippen LogP contribution in [0.4, 0.5) is 4.79 Å². The number of nitrogens with zero attached hydrogens (tertiary/aromatic N) is 4. The summed E-state index contributed by atoms with van der Waals surface area (Å²) in [5.41, 5.74) is 2.27. The van der Waals surface area contributed by atoms with Crippen LogP contribution in [0.5, 0.6) is 0 Å². The topological polar surface area (TPSA) is 92.2 Å². The maximum absolute atomic E-state index is 12.5. The molecule has 0 saturated carbocycles. The van der Waals surface area contributed by atoms with Crippen LogP contribution < -0.4 is 10.6 Å². The molecule has 2 aromatic carbocycles. The van der Waals surface area contributed by atoms with Gasteiger partial charge in [0.2, 0.25) is 5.91 Å². The van der Waals surface area contributed by atoms with Crippen molar-refractivity contribution in [2.24, 2.45) is 0 Å². The smallest absolute Gasteiger partial charge is 0.315 e. The van der Waals surface area contributed by atoms with E-state index < -0.39 is 0 Å². The number of likely N-dealkylation sites (N-methyl/N-ethyl adjacent to an activating group) is 1. The summed E-state index contributed by atoms with van der Waals surface area (Å²) < 4.78 is 1.62. The van der Waals surface area contributed by atoms with Crippen LogP contribution in [0.2, 0.25) is 10.0 Å². The minimum atomic E-state index is -0.252. The van der Waals surface area contributed by atoms with Crippen LogP contribution in [-0.2, 0) is 30.8 Å². The number of benzene rings is 2. The molecule has 168 valence electrons. The monoisotopic (exact) mass is 474 g/mol. The number of rotatable bonds is 9. The molecule has 3 aromatic rings. The number of urea groups is 1. The lowest BCUT2D eigenvalue weighted by Gasteiger charge is -2.16. The van der Waals surface area contributed by atoms with E-state index in [2.05, 4.69) is 20.9 Å². The molecule has 32 heavy (non-hydrogen) atoms. The van der Waals surface area contributed by atoms with Gasteiger partial charge in [0.25, 0.3) is 0 Å². The fraction of sp³-hybridized carbons (Fsp3) is 0.273. The third-order valence-electron chi connectivity index (χ3n) is 4.72. The van der Waals surface area contributed by atoms with Crippen LogP contribution in [0.1, 0.15) is 16.8 Å². The van der Waals surface area contributed by atoms with Gasteiger partial charge in [-0.2, -0.15) is 0 Å². The van der Waals surface area contributed by atoms with E-state index in [0.29, 0.717) is 47.5 Å². The number of carbonyl (C=O) groups excluding carboxylic acids is 2. The van der Waals surface area contributed by atoms with Crippen molar-refractivity contribution < 1.29 is 9.59 Å². The van der Waals surface area contributed by atoms with Crippen molar-refractivity contribution in [2.45, 2.75) is 26.1 Å². The van der Waals surface area contributed by atoms with Gasteiger partial charge in [-0.15, -0.1) is 5.10 Å². The van der Waals surface area contributed by atoms with Gasteiger partial charge in [-0.25, -0.2) is 4.79 Å². The summed E-state index contributed by atoms with van der Waals surface area (Å²) in [6, 6.07) is 14.6. The van der Waals surface area contributed by atoms with Gasteiger partial charge in [0.05, 0.1) is 25.7 Å². The Labute approximate surface area is 196 Å². The maximum atomic E-state index is 12.5. The number of carbonyl (C=O) groups is 2. The molecule has 0 bridgehead atoms. The van der Waals surface area contributed by atoms with Crippen LogP contribution in [0.25, 0.3) is 0 Å². The van der Waals surface area contributed by atoms with Gasteiger partial charge in [0.1, 0.15) is 5.69 Å². The van der Waals surface area contributed by atoms with Crippen molar-refractivity contribution in [2.75, 3.05) is 13.6 Å². The Morgan fingerprint density at radius 3 is 2.47 bits per heavy atom. The Balaban J connectivity index is 1.41. The predicted octanol–water partition coefficient (Wildman–Crippen LogP) is 3.29. The Hall–Kier alpha value is -3.10. The van der Waals surface area contributed by atoms with Crippen LogP contribution >= 0.6 is 23.2 Å². The number of amides is 3. The first-order chi connectivity index (χ1) is 15.4. The van der Waals surface area contributed by atoms with E-state index in [9.17, 15) is 9.59 Å². The zero-order valence-corrected chi connectivity index (χ0v) is 19.1. The van der Waals surface area contributed by atoms with Crippen molar-refractivity contribution in [3.05, 3.63) is 81.6 Å². The van der Waals surface area contributed by atoms with Crippen LogP contribution in [0.3, 0.4) is 0 Å². The van der Waals surface area contributed by atoms with Gasteiger partial charge in [-0.3, -0.25) is 9.48 Å². The van der Waals surface area contributed by atoms with Crippen molar-refractivity contribution in [1.29, 1.82) is 0 Å². The van der Waals surface area contributed by atoms with Crippen molar-refractivity contribution in [3.8, 4) is 0 Å². The molecule has 0 radical (unpaired) electrons. The van der Waals surface area contributed by atoms with E-state index in [4.69, 9.17) is 23.2 Å². The molecule has 0 unspecified atom stereocenters. The van der Waals surface area contributed by atoms with Crippen LogP contribution in [-0.4, -0.2) is 45.4 Å². The number of aromatic nitrogens is 3. The quantitative estimate of drug-likeness (QED) is 0.497. The lowest BCUT2D eigenvalue weighted by molar-refractivity contribution is -0.129. The molecule has 0 atom stereocenters. The minimum Gasteiger partial charge on any atom is -0.339 e. The molecule has 0 aliphatic rings. The summed E-state index contributed by atoms with van der Waals surface area (Å²) in [5.74, 6) is -0.133. The third-order valence-corrected chi connectivity index (χ3v) is 5.43. The maximum Gasteiger partial charge on any atom is 0.315 e. The van der Waals surface area contributed by atoms with Crippen molar-refractivity contribution in [3.63, 3.8) is 0 Å². The first-order valence-electron chi connectivity index (χ1n) is 10.0. The van der Waals surface area contributed by atoms with E-state index in [1.807, 2.05) is 30.3 Å². The fourth-order valence-electron chi connectivity index (χ4n) is 2.96. The van der Waals surface area contributed by atoms with Gasteiger partial charge >= 0.3 is 6.03 Å². The van der Waals surface area contributed by atoms with Crippen LogP contribution in [0, 0.1) is 0 Å². The SMILES string of the molecule is CN(Cc1cn(CCNC(=O)NCc2ccccc2)nn1)C(=O)Cc1c(Cl)cccc1Cl. The molecule has 8 nitrogen and oxygen atoms in total. The van der Waals surface area contributed by atoms with E-state index in [0.717, 1.165) is 5.56 Å². The van der Waals surface area contributed by atoms with Gasteiger partial charge in [0, 0.05) is 30.2 Å². The Kier molecular flexibility index (Phi) is 8.47.